The van der Waals surface area contributed by atoms with Gasteiger partial charge in [-0.3, -0.25) is 20.6 Å². The first-order chi connectivity index (χ1) is 6.45. The Balaban J connectivity index is 2.06. The van der Waals surface area contributed by atoms with Gasteiger partial charge in [-0.1, -0.05) is 0 Å². The van der Waals surface area contributed by atoms with E-state index in [1.54, 1.807) is 12.4 Å². The summed E-state index contributed by atoms with van der Waals surface area (Å²) in [5.74, 6) is 0. The monoisotopic (exact) mass is 176 g/mol. The van der Waals surface area contributed by atoms with Gasteiger partial charge >= 0.3 is 0 Å². The van der Waals surface area contributed by atoms with Crippen LogP contribution in [0.1, 0.15) is 23.9 Å². The zero-order valence-corrected chi connectivity index (χ0v) is 7.33. The molecule has 1 aromatic rings. The fourth-order valence-electron chi connectivity index (χ4n) is 2.24. The number of aromatic nitrogens is 2. The first-order valence-electron chi connectivity index (χ1n) is 4.72. The van der Waals surface area contributed by atoms with Gasteiger partial charge in [0.1, 0.15) is 0 Å². The molecule has 1 fully saturated rings. The number of hydrogen-bond donors (Lipinski definition) is 2. The third-order valence-corrected chi connectivity index (χ3v) is 2.88. The van der Waals surface area contributed by atoms with Gasteiger partial charge in [-0.15, -0.1) is 0 Å². The van der Waals surface area contributed by atoms with Crippen LogP contribution in [-0.4, -0.2) is 22.7 Å². The smallest absolute Gasteiger partial charge is 0.0804 e. The maximum absolute atomic E-state index is 4.40. The first kappa shape index (κ1) is 7.41. The molecule has 2 N–H and O–H groups in total. The lowest BCUT2D eigenvalue weighted by atomic mass is 9.92. The SMILES string of the molecule is c1cnc2c(n1)CCC1NCNC21. The summed E-state index contributed by atoms with van der Waals surface area (Å²) in [6.45, 7) is 0.894. The molecule has 2 aliphatic rings. The summed E-state index contributed by atoms with van der Waals surface area (Å²) in [5, 5.41) is 6.82. The van der Waals surface area contributed by atoms with Crippen molar-refractivity contribution in [3.8, 4) is 0 Å². The Morgan fingerprint density at radius 3 is 3.15 bits per heavy atom. The fourth-order valence-corrected chi connectivity index (χ4v) is 2.24. The van der Waals surface area contributed by atoms with Gasteiger partial charge in [-0.05, 0) is 12.8 Å². The van der Waals surface area contributed by atoms with Crippen molar-refractivity contribution in [2.24, 2.45) is 0 Å². The molecule has 1 aliphatic carbocycles. The highest BCUT2D eigenvalue weighted by Crippen LogP contribution is 2.28. The molecule has 4 heteroatoms. The van der Waals surface area contributed by atoms with Crippen molar-refractivity contribution in [2.75, 3.05) is 6.67 Å². The molecule has 0 bridgehead atoms. The Bertz CT molecular complexity index is 325. The van der Waals surface area contributed by atoms with Crippen LogP contribution in [0.5, 0.6) is 0 Å². The van der Waals surface area contributed by atoms with Gasteiger partial charge in [0.15, 0.2) is 0 Å². The molecular formula is C9H12N4. The number of rotatable bonds is 0. The first-order valence-corrected chi connectivity index (χ1v) is 4.72. The van der Waals surface area contributed by atoms with Crippen LogP contribution in [0.4, 0.5) is 0 Å². The summed E-state index contributed by atoms with van der Waals surface area (Å²) in [6.07, 6.45) is 5.78. The van der Waals surface area contributed by atoms with E-state index >= 15 is 0 Å². The van der Waals surface area contributed by atoms with Gasteiger partial charge in [-0.25, -0.2) is 0 Å². The molecule has 1 aliphatic heterocycles. The maximum atomic E-state index is 4.40. The van der Waals surface area contributed by atoms with Crippen molar-refractivity contribution in [1.82, 2.24) is 20.6 Å². The van der Waals surface area contributed by atoms with E-state index in [4.69, 9.17) is 0 Å². The van der Waals surface area contributed by atoms with Crippen molar-refractivity contribution >= 4 is 0 Å². The molecule has 0 aromatic carbocycles. The summed E-state index contributed by atoms with van der Waals surface area (Å²) in [6, 6.07) is 0.946. The maximum Gasteiger partial charge on any atom is 0.0804 e. The van der Waals surface area contributed by atoms with Crippen LogP contribution < -0.4 is 10.6 Å². The topological polar surface area (TPSA) is 49.8 Å². The molecule has 1 aromatic heterocycles. The highest BCUT2D eigenvalue weighted by molar-refractivity contribution is 5.22. The van der Waals surface area contributed by atoms with E-state index in [1.807, 2.05) is 0 Å². The molecule has 0 spiro atoms. The van der Waals surface area contributed by atoms with E-state index in [2.05, 4.69) is 20.6 Å². The van der Waals surface area contributed by atoms with Crippen LogP contribution in [0.2, 0.25) is 0 Å². The molecule has 3 rings (SSSR count). The largest absolute Gasteiger partial charge is 0.300 e. The average molecular weight is 176 g/mol. The minimum absolute atomic E-state index is 0.387. The highest BCUT2D eigenvalue weighted by atomic mass is 15.2. The van der Waals surface area contributed by atoms with Crippen LogP contribution in [0.3, 0.4) is 0 Å². The Morgan fingerprint density at radius 1 is 1.23 bits per heavy atom. The van der Waals surface area contributed by atoms with Gasteiger partial charge < -0.3 is 0 Å². The highest BCUT2D eigenvalue weighted by Gasteiger charge is 2.34. The van der Waals surface area contributed by atoms with Crippen LogP contribution in [0.15, 0.2) is 12.4 Å². The molecule has 0 saturated carbocycles. The van der Waals surface area contributed by atoms with Crippen molar-refractivity contribution in [1.29, 1.82) is 0 Å². The molecule has 13 heavy (non-hydrogen) atoms. The third-order valence-electron chi connectivity index (χ3n) is 2.88. The standard InChI is InChI=1S/C9H12N4/c1-2-7-9(13-5-12-7)8-6(1)10-3-4-11-8/h3-4,7,9,12-13H,1-2,5H2. The summed E-state index contributed by atoms with van der Waals surface area (Å²) < 4.78 is 0. The fraction of sp³-hybridized carbons (Fsp3) is 0.556. The van der Waals surface area contributed by atoms with Crippen LogP contribution in [-0.2, 0) is 6.42 Å². The molecule has 68 valence electrons. The number of fused-ring (bicyclic) bond motifs is 3. The van der Waals surface area contributed by atoms with E-state index in [1.165, 1.54) is 12.1 Å². The lowest BCUT2D eigenvalue weighted by molar-refractivity contribution is 0.449. The van der Waals surface area contributed by atoms with E-state index in [9.17, 15) is 0 Å². The minimum Gasteiger partial charge on any atom is -0.300 e. The third kappa shape index (κ3) is 1.06. The van der Waals surface area contributed by atoms with Crippen LogP contribution in [0, 0.1) is 0 Å². The van der Waals surface area contributed by atoms with E-state index in [0.29, 0.717) is 12.1 Å². The normalized spacial score (nSPS) is 31.1. The summed E-state index contributed by atoms with van der Waals surface area (Å²) >= 11 is 0. The minimum atomic E-state index is 0.387. The molecule has 2 heterocycles. The number of nitrogens with one attached hydrogen (secondary N) is 2. The summed E-state index contributed by atoms with van der Waals surface area (Å²) in [5.41, 5.74) is 2.31. The molecule has 4 nitrogen and oxygen atoms in total. The summed E-state index contributed by atoms with van der Waals surface area (Å²) in [4.78, 5) is 8.75. The van der Waals surface area contributed by atoms with Crippen molar-refractivity contribution < 1.29 is 0 Å². The Morgan fingerprint density at radius 2 is 2.15 bits per heavy atom. The van der Waals surface area contributed by atoms with Gasteiger partial charge in [-0.2, -0.15) is 0 Å². The number of aryl methyl sites for hydroxylation is 1. The molecule has 1 saturated heterocycles. The molecule has 2 unspecified atom stereocenters. The second-order valence-electron chi connectivity index (χ2n) is 3.60. The lowest BCUT2D eigenvalue weighted by Gasteiger charge is -2.25. The van der Waals surface area contributed by atoms with Gasteiger partial charge in [0.05, 0.1) is 17.4 Å². The Labute approximate surface area is 76.8 Å². The van der Waals surface area contributed by atoms with E-state index in [0.717, 1.165) is 18.8 Å². The van der Waals surface area contributed by atoms with Gasteiger partial charge in [0, 0.05) is 25.1 Å². The number of hydrogen-bond acceptors (Lipinski definition) is 4. The second kappa shape index (κ2) is 2.75. The van der Waals surface area contributed by atoms with E-state index in [-0.39, 0.29) is 0 Å². The van der Waals surface area contributed by atoms with Crippen molar-refractivity contribution in [2.45, 2.75) is 24.9 Å². The molecule has 2 atom stereocenters. The zero-order chi connectivity index (χ0) is 8.67. The second-order valence-corrected chi connectivity index (χ2v) is 3.60. The molecule has 0 amide bonds. The predicted molar refractivity (Wildman–Crippen MR) is 48.0 cm³/mol. The predicted octanol–water partition coefficient (Wildman–Crippen LogP) is -0.0172. The summed E-state index contributed by atoms with van der Waals surface area (Å²) in [7, 11) is 0. The molecule has 0 radical (unpaired) electrons. The van der Waals surface area contributed by atoms with Crippen LogP contribution >= 0.6 is 0 Å². The van der Waals surface area contributed by atoms with E-state index < -0.39 is 0 Å². The Kier molecular flexibility index (Phi) is 1.57. The van der Waals surface area contributed by atoms with Crippen molar-refractivity contribution in [3.63, 3.8) is 0 Å². The lowest BCUT2D eigenvalue weighted by Crippen LogP contribution is -2.32. The van der Waals surface area contributed by atoms with Crippen LogP contribution in [0.25, 0.3) is 0 Å². The van der Waals surface area contributed by atoms with Crippen molar-refractivity contribution in [3.05, 3.63) is 23.8 Å². The quantitative estimate of drug-likeness (QED) is 0.583. The number of nitrogens with zero attached hydrogens (tertiary/aromatic N) is 2. The van der Waals surface area contributed by atoms with Gasteiger partial charge in [0.2, 0.25) is 0 Å². The zero-order valence-electron chi connectivity index (χ0n) is 7.33. The Hall–Kier alpha value is -1.00. The van der Waals surface area contributed by atoms with Gasteiger partial charge in [0.25, 0.3) is 0 Å². The molecular weight excluding hydrogens is 164 g/mol. The average Bonchev–Trinajstić information content (AvgIpc) is 2.65.